The quantitative estimate of drug-likeness (QED) is 0.303. The molecular formula is C21H16N4O3S. The summed E-state index contributed by atoms with van der Waals surface area (Å²) in [7, 11) is 0. The molecule has 7 nitrogen and oxygen atoms in total. The third-order valence-corrected chi connectivity index (χ3v) is 4.97. The number of anilines is 3. The average Bonchev–Trinajstić information content (AvgIpc) is 3.29. The molecule has 0 aliphatic carbocycles. The largest absolute Gasteiger partial charge is 0.506 e. The van der Waals surface area contributed by atoms with Gasteiger partial charge in [0.2, 0.25) is 5.91 Å². The first-order valence-electron chi connectivity index (χ1n) is 8.60. The van der Waals surface area contributed by atoms with Crippen molar-refractivity contribution in [3.8, 4) is 17.6 Å². The Labute approximate surface area is 169 Å². The SMILES string of the molecule is C=CC(=O)Nc1coc2c(NCC#Cc3cc(O)c4nc(N)sc4c3)cccc12. The molecular weight excluding hydrogens is 388 g/mol. The van der Waals surface area contributed by atoms with E-state index in [9.17, 15) is 9.90 Å². The van der Waals surface area contributed by atoms with Crippen molar-refractivity contribution in [2.24, 2.45) is 0 Å². The number of amides is 1. The lowest BCUT2D eigenvalue weighted by Gasteiger charge is -2.03. The van der Waals surface area contributed by atoms with Crippen molar-refractivity contribution in [1.82, 2.24) is 4.98 Å². The van der Waals surface area contributed by atoms with E-state index >= 15 is 0 Å². The van der Waals surface area contributed by atoms with Gasteiger partial charge < -0.3 is 25.9 Å². The summed E-state index contributed by atoms with van der Waals surface area (Å²) in [4.78, 5) is 15.6. The van der Waals surface area contributed by atoms with E-state index in [0.29, 0.717) is 34.0 Å². The molecule has 0 aliphatic rings. The zero-order valence-corrected chi connectivity index (χ0v) is 16.0. The van der Waals surface area contributed by atoms with Crippen LogP contribution in [0.2, 0.25) is 0 Å². The number of phenolic OH excluding ortho intramolecular Hbond substituents is 1. The van der Waals surface area contributed by atoms with Crippen LogP contribution in [-0.2, 0) is 4.79 Å². The van der Waals surface area contributed by atoms with Crippen molar-refractivity contribution in [3.05, 3.63) is 54.8 Å². The number of rotatable bonds is 4. The number of carbonyl (C=O) groups excluding carboxylic acids is 1. The number of nitrogens with zero attached hydrogens (tertiary/aromatic N) is 1. The standard InChI is InChI=1S/C21H16N4O3S/c1-2-18(27)24-15-11-28-20-13(15)6-3-7-14(20)23-8-4-5-12-9-16(26)19-17(10-12)29-21(22)25-19/h2-3,6-7,9-11,23,26H,1,8H2,(H2,22,25)(H,24,27). The number of thiazole rings is 1. The first-order chi connectivity index (χ1) is 14.0. The molecule has 0 bridgehead atoms. The second-order valence-corrected chi connectivity index (χ2v) is 7.14. The molecule has 2 aromatic carbocycles. The Hall–Kier alpha value is -3.96. The first kappa shape index (κ1) is 18.4. The fraction of sp³-hybridized carbons (Fsp3) is 0.0476. The minimum Gasteiger partial charge on any atom is -0.506 e. The molecule has 4 aromatic rings. The number of nitrogens with one attached hydrogen (secondary N) is 2. The highest BCUT2D eigenvalue weighted by Crippen LogP contribution is 2.32. The van der Waals surface area contributed by atoms with Crippen molar-refractivity contribution in [3.63, 3.8) is 0 Å². The molecule has 0 radical (unpaired) electrons. The summed E-state index contributed by atoms with van der Waals surface area (Å²) >= 11 is 1.30. The van der Waals surface area contributed by atoms with Gasteiger partial charge in [0, 0.05) is 10.9 Å². The number of nitrogen functional groups attached to an aromatic ring is 1. The highest BCUT2D eigenvalue weighted by Gasteiger charge is 2.11. The van der Waals surface area contributed by atoms with E-state index in [0.717, 1.165) is 15.8 Å². The normalized spacial score (nSPS) is 10.5. The van der Waals surface area contributed by atoms with E-state index in [2.05, 4.69) is 34.0 Å². The highest BCUT2D eigenvalue weighted by molar-refractivity contribution is 7.22. The average molecular weight is 404 g/mol. The Morgan fingerprint density at radius 3 is 3.07 bits per heavy atom. The lowest BCUT2D eigenvalue weighted by molar-refractivity contribution is -0.111. The fourth-order valence-electron chi connectivity index (χ4n) is 2.86. The third kappa shape index (κ3) is 3.72. The summed E-state index contributed by atoms with van der Waals surface area (Å²) in [6, 6.07) is 8.99. The number of aromatic nitrogens is 1. The minimum atomic E-state index is -0.306. The van der Waals surface area contributed by atoms with E-state index in [1.54, 1.807) is 6.07 Å². The predicted octanol–water partition coefficient (Wildman–Crippen LogP) is 3.92. The van der Waals surface area contributed by atoms with E-state index in [-0.39, 0.29) is 11.7 Å². The molecule has 1 amide bonds. The maximum atomic E-state index is 11.5. The number of hydrogen-bond donors (Lipinski definition) is 4. The second kappa shape index (κ2) is 7.58. The number of hydrogen-bond acceptors (Lipinski definition) is 7. The Morgan fingerprint density at radius 2 is 2.24 bits per heavy atom. The maximum Gasteiger partial charge on any atom is 0.247 e. The Bertz CT molecular complexity index is 1310. The molecule has 8 heteroatoms. The van der Waals surface area contributed by atoms with Gasteiger partial charge in [0.1, 0.15) is 17.5 Å². The topological polar surface area (TPSA) is 113 Å². The van der Waals surface area contributed by atoms with E-state index in [1.807, 2.05) is 24.3 Å². The molecule has 5 N–H and O–H groups in total. The van der Waals surface area contributed by atoms with Gasteiger partial charge in [-0.3, -0.25) is 4.79 Å². The van der Waals surface area contributed by atoms with Crippen LogP contribution in [0.1, 0.15) is 5.56 Å². The van der Waals surface area contributed by atoms with Crippen molar-refractivity contribution >= 4 is 54.9 Å². The van der Waals surface area contributed by atoms with Crippen LogP contribution in [0.3, 0.4) is 0 Å². The van der Waals surface area contributed by atoms with Crippen LogP contribution in [0.5, 0.6) is 5.75 Å². The molecule has 29 heavy (non-hydrogen) atoms. The number of para-hydroxylation sites is 1. The second-order valence-electron chi connectivity index (χ2n) is 6.07. The van der Waals surface area contributed by atoms with Gasteiger partial charge >= 0.3 is 0 Å². The zero-order valence-electron chi connectivity index (χ0n) is 15.2. The third-order valence-electron chi connectivity index (χ3n) is 4.13. The summed E-state index contributed by atoms with van der Waals surface area (Å²) in [5.74, 6) is 5.78. The number of nitrogens with two attached hydrogens (primary N) is 1. The molecule has 0 atom stereocenters. The molecule has 2 aromatic heterocycles. The highest BCUT2D eigenvalue weighted by atomic mass is 32.1. The van der Waals surface area contributed by atoms with Gasteiger partial charge in [0.15, 0.2) is 10.7 Å². The summed E-state index contributed by atoms with van der Waals surface area (Å²) in [6.45, 7) is 3.80. The Kier molecular flexibility index (Phi) is 4.81. The summed E-state index contributed by atoms with van der Waals surface area (Å²) in [5, 5.41) is 17.1. The molecule has 0 aliphatic heterocycles. The molecule has 0 saturated heterocycles. The van der Waals surface area contributed by atoms with Gasteiger partial charge in [-0.15, -0.1) is 0 Å². The zero-order chi connectivity index (χ0) is 20.4. The van der Waals surface area contributed by atoms with Gasteiger partial charge in [-0.2, -0.15) is 0 Å². The lowest BCUT2D eigenvalue weighted by atomic mass is 10.2. The molecule has 0 spiro atoms. The predicted molar refractivity (Wildman–Crippen MR) is 116 cm³/mol. The molecule has 0 unspecified atom stereocenters. The molecule has 144 valence electrons. The summed E-state index contributed by atoms with van der Waals surface area (Å²) < 4.78 is 6.38. The van der Waals surface area contributed by atoms with Crippen LogP contribution in [0.25, 0.3) is 21.2 Å². The first-order valence-corrected chi connectivity index (χ1v) is 9.42. The number of benzene rings is 2. The van der Waals surface area contributed by atoms with Crippen LogP contribution in [0.15, 0.2) is 53.7 Å². The lowest BCUT2D eigenvalue weighted by Crippen LogP contribution is -2.06. The van der Waals surface area contributed by atoms with Crippen LogP contribution >= 0.6 is 11.3 Å². The Morgan fingerprint density at radius 1 is 1.38 bits per heavy atom. The van der Waals surface area contributed by atoms with Crippen molar-refractivity contribution in [2.45, 2.75) is 0 Å². The number of carbonyl (C=O) groups is 1. The van der Waals surface area contributed by atoms with Crippen molar-refractivity contribution in [1.29, 1.82) is 0 Å². The summed E-state index contributed by atoms with van der Waals surface area (Å²) in [6.07, 6.45) is 2.69. The number of aromatic hydroxyl groups is 1. The maximum absolute atomic E-state index is 11.5. The smallest absolute Gasteiger partial charge is 0.247 e. The molecule has 4 rings (SSSR count). The van der Waals surface area contributed by atoms with Gasteiger partial charge in [-0.25, -0.2) is 4.98 Å². The van der Waals surface area contributed by atoms with Crippen LogP contribution in [-0.4, -0.2) is 22.5 Å². The van der Waals surface area contributed by atoms with Crippen molar-refractivity contribution < 1.29 is 14.3 Å². The number of furan rings is 1. The van der Waals surface area contributed by atoms with E-state index in [4.69, 9.17) is 10.2 Å². The van der Waals surface area contributed by atoms with E-state index in [1.165, 1.54) is 23.7 Å². The molecule has 2 heterocycles. The summed E-state index contributed by atoms with van der Waals surface area (Å²) in [5.41, 5.74) is 8.80. The molecule has 0 fully saturated rings. The van der Waals surface area contributed by atoms with Crippen molar-refractivity contribution in [2.75, 3.05) is 22.9 Å². The van der Waals surface area contributed by atoms with Crippen LogP contribution in [0, 0.1) is 11.8 Å². The van der Waals surface area contributed by atoms with Gasteiger partial charge in [0.25, 0.3) is 0 Å². The van der Waals surface area contributed by atoms with Gasteiger partial charge in [-0.05, 0) is 30.3 Å². The fourth-order valence-corrected chi connectivity index (χ4v) is 3.66. The monoisotopic (exact) mass is 404 g/mol. The number of phenols is 1. The van der Waals surface area contributed by atoms with Gasteiger partial charge in [0.05, 0.1) is 22.6 Å². The Balaban J connectivity index is 1.51. The van der Waals surface area contributed by atoms with Crippen LogP contribution in [0.4, 0.5) is 16.5 Å². The van der Waals surface area contributed by atoms with Crippen LogP contribution < -0.4 is 16.4 Å². The number of fused-ring (bicyclic) bond motifs is 2. The van der Waals surface area contributed by atoms with Gasteiger partial charge in [-0.1, -0.05) is 35.8 Å². The molecule has 0 saturated carbocycles. The van der Waals surface area contributed by atoms with E-state index < -0.39 is 0 Å². The minimum absolute atomic E-state index is 0.0576.